The Morgan fingerprint density at radius 3 is 3.11 bits per heavy atom. The summed E-state index contributed by atoms with van der Waals surface area (Å²) in [7, 11) is 1.92. The van der Waals surface area contributed by atoms with E-state index in [0.29, 0.717) is 6.04 Å². The van der Waals surface area contributed by atoms with Crippen LogP contribution in [0.2, 0.25) is 0 Å². The summed E-state index contributed by atoms with van der Waals surface area (Å²) >= 11 is 0. The highest BCUT2D eigenvalue weighted by Gasteiger charge is 2.28. The monoisotopic (exact) mass is 262 g/mol. The summed E-state index contributed by atoms with van der Waals surface area (Å²) in [5.74, 6) is 0.844. The molecule has 1 aliphatic heterocycles. The molecular weight excluding hydrogens is 240 g/mol. The van der Waals surface area contributed by atoms with Crippen LogP contribution in [0.1, 0.15) is 18.4 Å². The fourth-order valence-electron chi connectivity index (χ4n) is 2.54. The van der Waals surface area contributed by atoms with Gasteiger partial charge in [-0.3, -0.25) is 4.79 Å². The van der Waals surface area contributed by atoms with Gasteiger partial charge in [0.2, 0.25) is 0 Å². The number of carbonyl (C=O) groups excluding carboxylic acids is 1. The molecule has 1 aromatic carbocycles. The number of carbonyl (C=O) groups is 1. The summed E-state index contributed by atoms with van der Waals surface area (Å²) in [6.45, 7) is 3.85. The van der Waals surface area contributed by atoms with Crippen LogP contribution in [0, 0.1) is 6.92 Å². The van der Waals surface area contributed by atoms with E-state index in [1.807, 2.05) is 43.1 Å². The third-order valence-electron chi connectivity index (χ3n) is 3.49. The standard InChI is InChI=1S/C15H22N2O2/c1-12-5-3-7-14(9-12)19-11-15(18)17-8-4-6-13(17)10-16-2/h3,5,7,9,13,16H,4,6,8,10-11H2,1-2H3. The molecule has 1 amide bonds. The first-order valence-corrected chi connectivity index (χ1v) is 6.84. The van der Waals surface area contributed by atoms with Crippen LogP contribution in [0.25, 0.3) is 0 Å². The number of nitrogens with one attached hydrogen (secondary N) is 1. The van der Waals surface area contributed by atoms with Crippen molar-refractivity contribution in [1.29, 1.82) is 0 Å². The van der Waals surface area contributed by atoms with Gasteiger partial charge in [0.25, 0.3) is 5.91 Å². The molecule has 4 heteroatoms. The van der Waals surface area contributed by atoms with Crippen molar-refractivity contribution in [2.75, 3.05) is 26.7 Å². The highest BCUT2D eigenvalue weighted by Crippen LogP contribution is 2.17. The molecule has 1 heterocycles. The highest BCUT2D eigenvalue weighted by atomic mass is 16.5. The minimum absolute atomic E-state index is 0.0826. The van der Waals surface area contributed by atoms with Crippen LogP contribution in [0.5, 0.6) is 5.75 Å². The minimum atomic E-state index is 0.0826. The Morgan fingerprint density at radius 2 is 2.37 bits per heavy atom. The molecule has 1 aliphatic rings. The first-order valence-electron chi connectivity index (χ1n) is 6.84. The maximum absolute atomic E-state index is 12.2. The number of nitrogens with zero attached hydrogens (tertiary/aromatic N) is 1. The molecule has 0 aliphatic carbocycles. The van der Waals surface area contributed by atoms with E-state index in [0.717, 1.165) is 37.2 Å². The van der Waals surface area contributed by atoms with Crippen LogP contribution in [0.4, 0.5) is 0 Å². The van der Waals surface area contributed by atoms with E-state index >= 15 is 0 Å². The molecular formula is C15H22N2O2. The van der Waals surface area contributed by atoms with E-state index in [-0.39, 0.29) is 12.5 Å². The molecule has 1 saturated heterocycles. The predicted molar refractivity (Wildman–Crippen MR) is 75.3 cm³/mol. The molecule has 19 heavy (non-hydrogen) atoms. The largest absolute Gasteiger partial charge is 0.484 e. The maximum Gasteiger partial charge on any atom is 0.260 e. The van der Waals surface area contributed by atoms with Gasteiger partial charge in [-0.15, -0.1) is 0 Å². The van der Waals surface area contributed by atoms with Gasteiger partial charge in [-0.05, 0) is 44.5 Å². The zero-order valence-corrected chi connectivity index (χ0v) is 11.7. The van der Waals surface area contributed by atoms with Gasteiger partial charge in [0.15, 0.2) is 6.61 Å². The molecule has 1 fully saturated rings. The molecule has 2 rings (SSSR count). The lowest BCUT2D eigenvalue weighted by molar-refractivity contribution is -0.134. The molecule has 1 aromatic rings. The SMILES string of the molecule is CNCC1CCCN1C(=O)COc1cccc(C)c1. The average Bonchev–Trinajstić information content (AvgIpc) is 2.85. The number of hydrogen-bond donors (Lipinski definition) is 1. The first kappa shape index (κ1) is 13.9. The molecule has 0 saturated carbocycles. The second-order valence-electron chi connectivity index (χ2n) is 5.05. The highest BCUT2D eigenvalue weighted by molar-refractivity contribution is 5.78. The zero-order valence-electron chi connectivity index (χ0n) is 11.7. The fourth-order valence-corrected chi connectivity index (χ4v) is 2.54. The number of hydrogen-bond acceptors (Lipinski definition) is 3. The summed E-state index contributed by atoms with van der Waals surface area (Å²) in [5, 5.41) is 3.14. The topological polar surface area (TPSA) is 41.6 Å². The summed E-state index contributed by atoms with van der Waals surface area (Å²) in [6.07, 6.45) is 2.17. The van der Waals surface area contributed by atoms with Crippen molar-refractivity contribution < 1.29 is 9.53 Å². The first-order chi connectivity index (χ1) is 9.20. The van der Waals surface area contributed by atoms with Gasteiger partial charge in [0, 0.05) is 19.1 Å². The number of benzene rings is 1. The summed E-state index contributed by atoms with van der Waals surface area (Å²) < 4.78 is 5.58. The van der Waals surface area contributed by atoms with E-state index in [2.05, 4.69) is 5.32 Å². The molecule has 1 N–H and O–H groups in total. The molecule has 4 nitrogen and oxygen atoms in total. The third kappa shape index (κ3) is 3.70. The van der Waals surface area contributed by atoms with E-state index < -0.39 is 0 Å². The Balaban J connectivity index is 1.87. The Morgan fingerprint density at radius 1 is 1.53 bits per heavy atom. The van der Waals surface area contributed by atoms with Crippen molar-refractivity contribution in [2.24, 2.45) is 0 Å². The Hall–Kier alpha value is -1.55. The molecule has 1 unspecified atom stereocenters. The molecule has 1 atom stereocenters. The summed E-state index contributed by atoms with van der Waals surface area (Å²) in [4.78, 5) is 14.1. The lowest BCUT2D eigenvalue weighted by atomic mass is 10.2. The van der Waals surface area contributed by atoms with Gasteiger partial charge >= 0.3 is 0 Å². The molecule has 0 aromatic heterocycles. The van der Waals surface area contributed by atoms with Crippen LogP contribution < -0.4 is 10.1 Å². The normalized spacial score (nSPS) is 18.6. The van der Waals surface area contributed by atoms with Gasteiger partial charge in [-0.25, -0.2) is 0 Å². The van der Waals surface area contributed by atoms with Crippen LogP contribution >= 0.6 is 0 Å². The van der Waals surface area contributed by atoms with Crippen molar-refractivity contribution in [3.63, 3.8) is 0 Å². The Kier molecular flexibility index (Phi) is 4.80. The second-order valence-corrected chi connectivity index (χ2v) is 5.05. The number of aryl methyl sites for hydroxylation is 1. The molecule has 0 bridgehead atoms. The van der Waals surface area contributed by atoms with Crippen molar-refractivity contribution in [3.05, 3.63) is 29.8 Å². The van der Waals surface area contributed by atoms with E-state index in [9.17, 15) is 4.79 Å². The molecule has 104 valence electrons. The van der Waals surface area contributed by atoms with Crippen LogP contribution in [0.3, 0.4) is 0 Å². The third-order valence-corrected chi connectivity index (χ3v) is 3.49. The Labute approximate surface area is 114 Å². The Bertz CT molecular complexity index is 434. The lowest BCUT2D eigenvalue weighted by Crippen LogP contribution is -2.43. The number of likely N-dealkylation sites (N-methyl/N-ethyl adjacent to an activating group) is 1. The fraction of sp³-hybridized carbons (Fsp3) is 0.533. The predicted octanol–water partition coefficient (Wildman–Crippen LogP) is 1.58. The smallest absolute Gasteiger partial charge is 0.260 e. The van der Waals surface area contributed by atoms with Gasteiger partial charge in [-0.1, -0.05) is 12.1 Å². The summed E-state index contributed by atoms with van der Waals surface area (Å²) in [5.41, 5.74) is 1.14. The van der Waals surface area contributed by atoms with Crippen molar-refractivity contribution in [2.45, 2.75) is 25.8 Å². The van der Waals surface area contributed by atoms with Crippen molar-refractivity contribution in [1.82, 2.24) is 10.2 Å². The number of amides is 1. The average molecular weight is 262 g/mol. The van der Waals surface area contributed by atoms with E-state index in [1.165, 1.54) is 0 Å². The van der Waals surface area contributed by atoms with E-state index in [4.69, 9.17) is 4.74 Å². The van der Waals surface area contributed by atoms with Gasteiger partial charge in [-0.2, -0.15) is 0 Å². The molecule has 0 spiro atoms. The molecule has 0 radical (unpaired) electrons. The van der Waals surface area contributed by atoms with Gasteiger partial charge in [0.1, 0.15) is 5.75 Å². The van der Waals surface area contributed by atoms with Crippen LogP contribution in [0.15, 0.2) is 24.3 Å². The second kappa shape index (κ2) is 6.57. The minimum Gasteiger partial charge on any atom is -0.484 e. The number of rotatable bonds is 5. The van der Waals surface area contributed by atoms with Gasteiger partial charge in [0.05, 0.1) is 0 Å². The van der Waals surface area contributed by atoms with Crippen molar-refractivity contribution in [3.8, 4) is 5.75 Å². The number of ether oxygens (including phenoxy) is 1. The summed E-state index contributed by atoms with van der Waals surface area (Å²) in [6, 6.07) is 8.10. The number of likely N-dealkylation sites (tertiary alicyclic amines) is 1. The maximum atomic E-state index is 12.2. The quantitative estimate of drug-likeness (QED) is 0.876. The van der Waals surface area contributed by atoms with Crippen LogP contribution in [-0.4, -0.2) is 43.6 Å². The van der Waals surface area contributed by atoms with Crippen molar-refractivity contribution >= 4 is 5.91 Å². The lowest BCUT2D eigenvalue weighted by Gasteiger charge is -2.24. The van der Waals surface area contributed by atoms with Crippen LogP contribution in [-0.2, 0) is 4.79 Å². The van der Waals surface area contributed by atoms with E-state index in [1.54, 1.807) is 0 Å². The zero-order chi connectivity index (χ0) is 13.7. The van der Waals surface area contributed by atoms with Gasteiger partial charge < -0.3 is 15.0 Å².